The number of unbranched alkanes of at least 4 members (excludes halogenated alkanes) is 4. The lowest BCUT2D eigenvalue weighted by molar-refractivity contribution is 0.598. The molecule has 0 heterocycles. The van der Waals surface area contributed by atoms with Crippen molar-refractivity contribution in [2.75, 3.05) is 11.9 Å². The van der Waals surface area contributed by atoms with Crippen molar-refractivity contribution in [2.24, 2.45) is 5.14 Å². The first-order valence-corrected chi connectivity index (χ1v) is 7.95. The minimum absolute atomic E-state index is 0.151. The molecule has 0 bridgehead atoms. The maximum absolute atomic E-state index is 11.2. The van der Waals surface area contributed by atoms with E-state index >= 15 is 0 Å². The maximum atomic E-state index is 11.2. The van der Waals surface area contributed by atoms with Crippen LogP contribution in [0.3, 0.4) is 0 Å². The number of nitrogens with one attached hydrogen (secondary N) is 1. The van der Waals surface area contributed by atoms with Crippen LogP contribution in [0.25, 0.3) is 0 Å². The van der Waals surface area contributed by atoms with Crippen molar-refractivity contribution in [3.63, 3.8) is 0 Å². The Morgan fingerprint density at radius 3 is 2.56 bits per heavy atom. The van der Waals surface area contributed by atoms with Crippen molar-refractivity contribution >= 4 is 15.7 Å². The molecule has 0 spiro atoms. The Hall–Kier alpha value is -1.07. The smallest absolute Gasteiger partial charge is 0.238 e. The molecular weight excluding hydrogens is 248 g/mol. The second-order valence-electron chi connectivity index (χ2n) is 4.41. The summed E-state index contributed by atoms with van der Waals surface area (Å²) < 4.78 is 22.4. The Morgan fingerprint density at radius 2 is 1.89 bits per heavy atom. The van der Waals surface area contributed by atoms with Crippen LogP contribution in [-0.4, -0.2) is 15.0 Å². The standard InChI is InChI=1S/C13H22N2O2S/c1-2-3-4-5-6-10-15-12-8-7-9-13(11-12)18(14,16)17/h7-9,11,15H,2-6,10H2,1H3,(H2,14,16,17). The zero-order valence-electron chi connectivity index (χ0n) is 10.9. The van der Waals surface area contributed by atoms with E-state index in [9.17, 15) is 8.42 Å². The molecule has 102 valence electrons. The summed E-state index contributed by atoms with van der Waals surface area (Å²) in [5.41, 5.74) is 0.803. The summed E-state index contributed by atoms with van der Waals surface area (Å²) in [6.45, 7) is 3.05. The van der Waals surface area contributed by atoms with Crippen LogP contribution >= 0.6 is 0 Å². The summed E-state index contributed by atoms with van der Waals surface area (Å²) in [6.07, 6.45) is 6.08. The maximum Gasteiger partial charge on any atom is 0.238 e. The van der Waals surface area contributed by atoms with Gasteiger partial charge < -0.3 is 5.32 Å². The third-order valence-electron chi connectivity index (χ3n) is 2.77. The van der Waals surface area contributed by atoms with Gasteiger partial charge in [-0.25, -0.2) is 13.6 Å². The first-order valence-electron chi connectivity index (χ1n) is 6.41. The van der Waals surface area contributed by atoms with Crippen LogP contribution in [0.15, 0.2) is 29.2 Å². The molecule has 0 aliphatic heterocycles. The molecule has 1 aromatic rings. The summed E-state index contributed by atoms with van der Waals surface area (Å²) in [5.74, 6) is 0. The van der Waals surface area contributed by atoms with Gasteiger partial charge in [-0.1, -0.05) is 38.7 Å². The Labute approximate surface area is 110 Å². The van der Waals surface area contributed by atoms with Crippen molar-refractivity contribution < 1.29 is 8.42 Å². The van der Waals surface area contributed by atoms with Crippen LogP contribution in [0.5, 0.6) is 0 Å². The average molecular weight is 270 g/mol. The van der Waals surface area contributed by atoms with Gasteiger partial charge in [0.15, 0.2) is 0 Å². The molecular formula is C13H22N2O2S. The summed E-state index contributed by atoms with van der Waals surface area (Å²) in [7, 11) is -3.61. The van der Waals surface area contributed by atoms with Crippen molar-refractivity contribution in [2.45, 2.75) is 43.9 Å². The molecule has 1 aromatic carbocycles. The van der Waals surface area contributed by atoms with Crippen molar-refractivity contribution in [1.29, 1.82) is 0 Å². The molecule has 1 rings (SSSR count). The van der Waals surface area contributed by atoms with Crippen LogP contribution in [0.4, 0.5) is 5.69 Å². The molecule has 0 atom stereocenters. The van der Waals surface area contributed by atoms with Gasteiger partial charge in [-0.3, -0.25) is 0 Å². The number of anilines is 1. The molecule has 0 unspecified atom stereocenters. The van der Waals surface area contributed by atoms with Crippen molar-refractivity contribution in [1.82, 2.24) is 0 Å². The summed E-state index contributed by atoms with van der Waals surface area (Å²) in [6, 6.07) is 6.61. The molecule has 5 heteroatoms. The molecule has 0 aliphatic rings. The summed E-state index contributed by atoms with van der Waals surface area (Å²) >= 11 is 0. The van der Waals surface area contributed by atoms with Gasteiger partial charge in [0.25, 0.3) is 0 Å². The Balaban J connectivity index is 2.39. The highest BCUT2D eigenvalue weighted by Gasteiger charge is 2.07. The van der Waals surface area contributed by atoms with Gasteiger partial charge in [0.05, 0.1) is 4.90 Å². The van der Waals surface area contributed by atoms with E-state index in [2.05, 4.69) is 12.2 Å². The van der Waals surface area contributed by atoms with Gasteiger partial charge in [0.1, 0.15) is 0 Å². The minimum atomic E-state index is -3.61. The molecule has 0 aliphatic carbocycles. The number of hydrogen-bond acceptors (Lipinski definition) is 3. The van der Waals surface area contributed by atoms with E-state index in [0.717, 1.165) is 18.7 Å². The highest BCUT2D eigenvalue weighted by molar-refractivity contribution is 7.89. The van der Waals surface area contributed by atoms with Gasteiger partial charge in [-0.05, 0) is 24.6 Å². The zero-order valence-corrected chi connectivity index (χ0v) is 11.7. The number of primary sulfonamides is 1. The van der Waals surface area contributed by atoms with E-state index in [1.807, 2.05) is 6.07 Å². The number of hydrogen-bond donors (Lipinski definition) is 2. The predicted octanol–water partition coefficient (Wildman–Crippen LogP) is 2.72. The Morgan fingerprint density at radius 1 is 1.17 bits per heavy atom. The van der Waals surface area contributed by atoms with Gasteiger partial charge >= 0.3 is 0 Å². The second-order valence-corrected chi connectivity index (χ2v) is 5.98. The number of benzene rings is 1. The van der Waals surface area contributed by atoms with E-state index in [-0.39, 0.29) is 4.90 Å². The van der Waals surface area contributed by atoms with Crippen LogP contribution < -0.4 is 10.5 Å². The van der Waals surface area contributed by atoms with Gasteiger partial charge in [-0.2, -0.15) is 0 Å². The highest BCUT2D eigenvalue weighted by atomic mass is 32.2. The molecule has 0 saturated carbocycles. The number of rotatable bonds is 8. The molecule has 0 radical (unpaired) electrons. The van der Waals surface area contributed by atoms with E-state index in [0.29, 0.717) is 0 Å². The fourth-order valence-corrected chi connectivity index (χ4v) is 2.30. The highest BCUT2D eigenvalue weighted by Crippen LogP contribution is 2.14. The Kier molecular flexibility index (Phi) is 6.15. The predicted molar refractivity (Wildman–Crippen MR) is 75.1 cm³/mol. The van der Waals surface area contributed by atoms with Crippen LogP contribution in [0.2, 0.25) is 0 Å². The fraction of sp³-hybridized carbons (Fsp3) is 0.538. The fourth-order valence-electron chi connectivity index (χ4n) is 1.74. The second kappa shape index (κ2) is 7.38. The van der Waals surface area contributed by atoms with Crippen molar-refractivity contribution in [3.05, 3.63) is 24.3 Å². The van der Waals surface area contributed by atoms with Gasteiger partial charge in [0.2, 0.25) is 10.0 Å². The monoisotopic (exact) mass is 270 g/mol. The normalized spacial score (nSPS) is 11.4. The SMILES string of the molecule is CCCCCCCNc1cccc(S(N)(=O)=O)c1. The van der Waals surface area contributed by atoms with Crippen LogP contribution in [0.1, 0.15) is 39.0 Å². The van der Waals surface area contributed by atoms with Gasteiger partial charge in [-0.15, -0.1) is 0 Å². The number of nitrogens with two attached hydrogens (primary N) is 1. The molecule has 0 fully saturated rings. The Bertz CT molecular complexity index is 458. The summed E-state index contributed by atoms with van der Waals surface area (Å²) in [5, 5.41) is 8.29. The lowest BCUT2D eigenvalue weighted by atomic mass is 10.1. The first kappa shape index (κ1) is 15.0. The lowest BCUT2D eigenvalue weighted by Crippen LogP contribution is -2.12. The van der Waals surface area contributed by atoms with Crippen LogP contribution in [-0.2, 0) is 10.0 Å². The molecule has 0 aromatic heterocycles. The van der Waals surface area contributed by atoms with Crippen molar-refractivity contribution in [3.8, 4) is 0 Å². The molecule has 4 nitrogen and oxygen atoms in total. The van der Waals surface area contributed by atoms with Crippen LogP contribution in [0, 0.1) is 0 Å². The molecule has 0 amide bonds. The minimum Gasteiger partial charge on any atom is -0.385 e. The zero-order chi connectivity index (χ0) is 13.4. The van der Waals surface area contributed by atoms with E-state index in [4.69, 9.17) is 5.14 Å². The first-order chi connectivity index (χ1) is 8.54. The average Bonchev–Trinajstić information content (AvgIpc) is 2.33. The molecule has 0 saturated heterocycles. The lowest BCUT2D eigenvalue weighted by Gasteiger charge is -2.07. The molecule has 3 N–H and O–H groups in total. The molecule has 18 heavy (non-hydrogen) atoms. The number of sulfonamides is 1. The van der Waals surface area contributed by atoms with E-state index < -0.39 is 10.0 Å². The quantitative estimate of drug-likeness (QED) is 0.713. The largest absolute Gasteiger partial charge is 0.385 e. The van der Waals surface area contributed by atoms with Gasteiger partial charge in [0, 0.05) is 12.2 Å². The third-order valence-corrected chi connectivity index (χ3v) is 3.68. The van der Waals surface area contributed by atoms with E-state index in [1.165, 1.54) is 31.7 Å². The topological polar surface area (TPSA) is 72.2 Å². The summed E-state index contributed by atoms with van der Waals surface area (Å²) in [4.78, 5) is 0.151. The van der Waals surface area contributed by atoms with E-state index in [1.54, 1.807) is 12.1 Å². The third kappa shape index (κ3) is 5.51.